The molecule has 1 atom stereocenters. The Balaban J connectivity index is 1.57. The fourth-order valence-electron chi connectivity index (χ4n) is 3.36. The Bertz CT molecular complexity index is 786. The van der Waals surface area contributed by atoms with Crippen LogP contribution in [0.3, 0.4) is 0 Å². The molecule has 1 aromatic heterocycles. The van der Waals surface area contributed by atoms with E-state index in [0.29, 0.717) is 37.9 Å². The zero-order valence-electron chi connectivity index (χ0n) is 17.0. The molecule has 0 aliphatic carbocycles. The summed E-state index contributed by atoms with van der Waals surface area (Å²) in [4.78, 5) is 6.59. The highest BCUT2D eigenvalue weighted by Crippen LogP contribution is 2.31. The van der Waals surface area contributed by atoms with Gasteiger partial charge < -0.3 is 29.4 Å². The average molecular weight is 422 g/mol. The first-order valence-electron chi connectivity index (χ1n) is 10.0. The molecule has 1 fully saturated rings. The first kappa shape index (κ1) is 21.9. The lowest BCUT2D eigenvalue weighted by atomic mass is 10.2. The zero-order valence-corrected chi connectivity index (χ0v) is 17.0. The topological polar surface area (TPSA) is 71.3 Å². The number of alkyl halides is 2. The van der Waals surface area contributed by atoms with Crippen LogP contribution in [0.15, 0.2) is 52.1 Å². The van der Waals surface area contributed by atoms with E-state index in [-0.39, 0.29) is 11.8 Å². The van der Waals surface area contributed by atoms with E-state index in [1.165, 1.54) is 0 Å². The maximum atomic E-state index is 12.7. The Labute approximate surface area is 175 Å². The number of halogens is 2. The fraction of sp³-hybridized carbons (Fsp3) is 0.476. The van der Waals surface area contributed by atoms with Crippen LogP contribution in [0.2, 0.25) is 0 Å². The molecule has 0 amide bonds. The molecule has 1 aliphatic rings. The van der Waals surface area contributed by atoms with Crippen molar-refractivity contribution in [3.63, 3.8) is 0 Å². The van der Waals surface area contributed by atoms with Gasteiger partial charge in [-0.25, -0.2) is 0 Å². The van der Waals surface area contributed by atoms with Gasteiger partial charge in [-0.2, -0.15) is 8.78 Å². The molecule has 3 rings (SSSR count). The van der Waals surface area contributed by atoms with E-state index in [1.54, 1.807) is 31.6 Å². The van der Waals surface area contributed by atoms with Crippen LogP contribution in [0.5, 0.6) is 5.75 Å². The van der Waals surface area contributed by atoms with Crippen LogP contribution >= 0.6 is 0 Å². The molecule has 0 spiro atoms. The summed E-state index contributed by atoms with van der Waals surface area (Å²) < 4.78 is 40.5. The molecule has 7 nitrogen and oxygen atoms in total. The number of ether oxygens (including phenoxy) is 2. The summed E-state index contributed by atoms with van der Waals surface area (Å²) >= 11 is 0. The summed E-state index contributed by atoms with van der Waals surface area (Å²) in [6, 6.07) is 10.8. The SMILES string of the molecule is COCCN=C(NCCc1ccco1)NC1CCN(c2ccccc2OC(F)F)C1. The van der Waals surface area contributed by atoms with E-state index in [0.717, 1.165) is 25.1 Å². The number of guanidine groups is 1. The summed E-state index contributed by atoms with van der Waals surface area (Å²) in [6.45, 7) is 0.286. The van der Waals surface area contributed by atoms with Gasteiger partial charge in [-0.3, -0.25) is 4.99 Å². The lowest BCUT2D eigenvalue weighted by Gasteiger charge is -2.22. The fourth-order valence-corrected chi connectivity index (χ4v) is 3.36. The minimum absolute atomic E-state index is 0.127. The second-order valence-corrected chi connectivity index (χ2v) is 6.90. The minimum Gasteiger partial charge on any atom is -0.469 e. The van der Waals surface area contributed by atoms with Gasteiger partial charge >= 0.3 is 6.61 Å². The molecule has 1 aromatic carbocycles. The van der Waals surface area contributed by atoms with Crippen molar-refractivity contribution in [1.29, 1.82) is 0 Å². The van der Waals surface area contributed by atoms with Crippen molar-refractivity contribution in [2.24, 2.45) is 4.99 Å². The summed E-state index contributed by atoms with van der Waals surface area (Å²) in [5.41, 5.74) is 0.672. The lowest BCUT2D eigenvalue weighted by molar-refractivity contribution is -0.0495. The highest BCUT2D eigenvalue weighted by Gasteiger charge is 2.26. The highest BCUT2D eigenvalue weighted by molar-refractivity contribution is 5.80. The normalized spacial score (nSPS) is 16.9. The summed E-state index contributed by atoms with van der Waals surface area (Å²) in [7, 11) is 1.64. The third-order valence-corrected chi connectivity index (χ3v) is 4.76. The van der Waals surface area contributed by atoms with Crippen LogP contribution in [-0.4, -0.2) is 58.5 Å². The largest absolute Gasteiger partial charge is 0.469 e. The molecule has 2 heterocycles. The van der Waals surface area contributed by atoms with Gasteiger partial charge in [0.05, 0.1) is 25.1 Å². The molecule has 1 saturated heterocycles. The first-order chi connectivity index (χ1) is 14.7. The van der Waals surface area contributed by atoms with E-state index in [1.807, 2.05) is 23.1 Å². The van der Waals surface area contributed by atoms with Crippen molar-refractivity contribution in [2.75, 3.05) is 44.8 Å². The number of methoxy groups -OCH3 is 1. The van der Waals surface area contributed by atoms with Gasteiger partial charge in [0, 0.05) is 39.2 Å². The number of anilines is 1. The zero-order chi connectivity index (χ0) is 21.2. The van der Waals surface area contributed by atoms with E-state index in [4.69, 9.17) is 9.15 Å². The van der Waals surface area contributed by atoms with Crippen LogP contribution in [0.4, 0.5) is 14.5 Å². The third-order valence-electron chi connectivity index (χ3n) is 4.76. The third kappa shape index (κ3) is 6.62. The van der Waals surface area contributed by atoms with Gasteiger partial charge in [0.1, 0.15) is 11.5 Å². The molecule has 30 heavy (non-hydrogen) atoms. The van der Waals surface area contributed by atoms with Gasteiger partial charge in [-0.15, -0.1) is 0 Å². The van der Waals surface area contributed by atoms with E-state index < -0.39 is 6.61 Å². The van der Waals surface area contributed by atoms with Gasteiger partial charge in [-0.05, 0) is 30.7 Å². The molecule has 2 N–H and O–H groups in total. The van der Waals surface area contributed by atoms with E-state index >= 15 is 0 Å². The lowest BCUT2D eigenvalue weighted by Crippen LogP contribution is -2.45. The predicted molar refractivity (Wildman–Crippen MR) is 111 cm³/mol. The molecule has 164 valence electrons. The number of para-hydroxylation sites is 2. The maximum absolute atomic E-state index is 12.7. The number of benzene rings is 1. The molecule has 0 bridgehead atoms. The summed E-state index contributed by atoms with van der Waals surface area (Å²) in [5.74, 6) is 1.79. The van der Waals surface area contributed by atoms with Gasteiger partial charge in [0.2, 0.25) is 0 Å². The van der Waals surface area contributed by atoms with Crippen molar-refractivity contribution in [3.05, 3.63) is 48.4 Å². The van der Waals surface area contributed by atoms with Gasteiger partial charge in [-0.1, -0.05) is 12.1 Å². The van der Waals surface area contributed by atoms with E-state index in [2.05, 4.69) is 20.4 Å². The second kappa shape index (κ2) is 11.4. The second-order valence-electron chi connectivity index (χ2n) is 6.90. The predicted octanol–water partition coefficient (Wildman–Crippen LogP) is 2.88. The summed E-state index contributed by atoms with van der Waals surface area (Å²) in [5, 5.41) is 6.75. The molecule has 9 heteroatoms. The Kier molecular flexibility index (Phi) is 8.31. The van der Waals surface area contributed by atoms with Crippen molar-refractivity contribution in [2.45, 2.75) is 25.5 Å². The number of hydrogen-bond acceptors (Lipinski definition) is 5. The quantitative estimate of drug-likeness (QED) is 0.349. The first-order valence-corrected chi connectivity index (χ1v) is 10.0. The van der Waals surface area contributed by atoms with Crippen molar-refractivity contribution in [3.8, 4) is 5.75 Å². The Hall–Kier alpha value is -2.81. The molecule has 1 unspecified atom stereocenters. The standard InChI is InChI=1S/C21H28F2N4O3/c1-28-14-11-25-21(24-10-8-17-5-4-13-29-17)26-16-9-12-27(15-16)18-6-2-3-7-19(18)30-20(22)23/h2-7,13,16,20H,8-12,14-15H2,1H3,(H2,24,25,26). The average Bonchev–Trinajstić information content (AvgIpc) is 3.40. The van der Waals surface area contributed by atoms with Crippen LogP contribution < -0.4 is 20.3 Å². The highest BCUT2D eigenvalue weighted by atomic mass is 19.3. The number of nitrogens with one attached hydrogen (secondary N) is 2. The van der Waals surface area contributed by atoms with Crippen LogP contribution in [0.25, 0.3) is 0 Å². The number of furan rings is 1. The van der Waals surface area contributed by atoms with E-state index in [9.17, 15) is 8.78 Å². The molecular formula is C21H28F2N4O3. The summed E-state index contributed by atoms with van der Waals surface area (Å²) in [6.07, 6.45) is 3.25. The number of nitrogens with zero attached hydrogens (tertiary/aromatic N) is 2. The van der Waals surface area contributed by atoms with Crippen LogP contribution in [0.1, 0.15) is 12.2 Å². The molecule has 0 radical (unpaired) electrons. The van der Waals surface area contributed by atoms with Gasteiger partial charge in [0.15, 0.2) is 5.96 Å². The molecule has 2 aromatic rings. The Morgan fingerprint density at radius 2 is 2.17 bits per heavy atom. The Morgan fingerprint density at radius 3 is 2.93 bits per heavy atom. The number of aliphatic imine (C=N–C) groups is 1. The van der Waals surface area contributed by atoms with Crippen molar-refractivity contribution < 1.29 is 22.7 Å². The molecular weight excluding hydrogens is 394 g/mol. The molecule has 1 aliphatic heterocycles. The van der Waals surface area contributed by atoms with Crippen molar-refractivity contribution >= 4 is 11.6 Å². The smallest absolute Gasteiger partial charge is 0.387 e. The number of rotatable bonds is 10. The van der Waals surface area contributed by atoms with Crippen LogP contribution in [-0.2, 0) is 11.2 Å². The minimum atomic E-state index is -2.85. The van der Waals surface area contributed by atoms with Crippen molar-refractivity contribution in [1.82, 2.24) is 10.6 Å². The maximum Gasteiger partial charge on any atom is 0.387 e. The number of hydrogen-bond donors (Lipinski definition) is 2. The monoisotopic (exact) mass is 422 g/mol. The Morgan fingerprint density at radius 1 is 1.30 bits per heavy atom. The van der Waals surface area contributed by atoms with Crippen LogP contribution in [0, 0.1) is 0 Å². The molecule has 0 saturated carbocycles. The van der Waals surface area contributed by atoms with Gasteiger partial charge in [0.25, 0.3) is 0 Å².